The van der Waals surface area contributed by atoms with Gasteiger partial charge in [0.15, 0.2) is 5.82 Å². The van der Waals surface area contributed by atoms with Crippen molar-refractivity contribution in [2.45, 2.75) is 37.7 Å². The van der Waals surface area contributed by atoms with Crippen LogP contribution in [0.1, 0.15) is 29.7 Å². The summed E-state index contributed by atoms with van der Waals surface area (Å²) in [5, 5.41) is 20.6. The highest BCUT2D eigenvalue weighted by molar-refractivity contribution is 7.19. The molecule has 3 aromatic heterocycles. The molecule has 0 unspecified atom stereocenters. The van der Waals surface area contributed by atoms with Crippen molar-refractivity contribution in [1.82, 2.24) is 15.0 Å². The van der Waals surface area contributed by atoms with Crippen LogP contribution >= 0.6 is 11.3 Å². The molecule has 0 amide bonds. The molecule has 1 aliphatic heterocycles. The number of β-amino-alcohol motifs (C(OH)–C–C–N with tert-alkyl or cyclic N) is 1. The molecule has 136 valence electrons. The summed E-state index contributed by atoms with van der Waals surface area (Å²) in [6.45, 7) is 0.869. The highest BCUT2D eigenvalue weighted by atomic mass is 32.1. The second-order valence-electron chi connectivity index (χ2n) is 7.42. The number of aryl methyl sites for hydroxylation is 2. The monoisotopic (exact) mass is 377 g/mol. The molecule has 1 N–H and O–H groups in total. The lowest BCUT2D eigenvalue weighted by molar-refractivity contribution is 0.0164. The molecule has 0 atom stereocenters. The van der Waals surface area contributed by atoms with E-state index in [9.17, 15) is 5.11 Å². The minimum Gasteiger partial charge on any atom is -0.385 e. The van der Waals surface area contributed by atoms with E-state index < -0.39 is 5.60 Å². The number of aromatic nitrogens is 3. The third kappa shape index (κ3) is 2.76. The van der Waals surface area contributed by atoms with Crippen LogP contribution in [-0.2, 0) is 12.8 Å². The zero-order chi connectivity index (χ0) is 18.4. The van der Waals surface area contributed by atoms with E-state index in [4.69, 9.17) is 15.2 Å². The largest absolute Gasteiger partial charge is 0.385 e. The fourth-order valence-corrected chi connectivity index (χ4v) is 5.32. The number of pyridine rings is 1. The van der Waals surface area contributed by atoms with Crippen molar-refractivity contribution in [2.75, 3.05) is 18.0 Å². The van der Waals surface area contributed by atoms with Gasteiger partial charge in [-0.25, -0.2) is 9.97 Å². The van der Waals surface area contributed by atoms with Gasteiger partial charge < -0.3 is 10.0 Å². The van der Waals surface area contributed by atoms with Crippen molar-refractivity contribution in [3.05, 3.63) is 35.0 Å². The minimum absolute atomic E-state index is 0.148. The van der Waals surface area contributed by atoms with Gasteiger partial charge in [0.05, 0.1) is 31.0 Å². The number of rotatable bonds is 3. The van der Waals surface area contributed by atoms with Crippen molar-refractivity contribution in [3.8, 4) is 17.5 Å². The number of hydrogen-bond donors (Lipinski definition) is 1. The molecule has 4 heterocycles. The van der Waals surface area contributed by atoms with Gasteiger partial charge in [0.1, 0.15) is 16.2 Å². The Morgan fingerprint density at radius 1 is 1.26 bits per heavy atom. The summed E-state index contributed by atoms with van der Waals surface area (Å²) in [4.78, 5) is 18.5. The molecule has 0 bridgehead atoms. The summed E-state index contributed by atoms with van der Waals surface area (Å²) in [6.07, 6.45) is 8.26. The third-order valence-corrected chi connectivity index (χ3v) is 6.58. The van der Waals surface area contributed by atoms with Gasteiger partial charge in [-0.05, 0) is 43.4 Å². The maximum Gasteiger partial charge on any atom is 0.164 e. The van der Waals surface area contributed by atoms with Crippen molar-refractivity contribution in [3.63, 3.8) is 0 Å². The van der Waals surface area contributed by atoms with Crippen LogP contribution in [0, 0.1) is 11.3 Å². The number of hydrogen-bond acceptors (Lipinski definition) is 7. The number of nitrogens with zero attached hydrogens (tertiary/aromatic N) is 5. The molecule has 6 nitrogen and oxygen atoms in total. The Bertz CT molecular complexity index is 1050. The highest BCUT2D eigenvalue weighted by Crippen LogP contribution is 2.42. The maximum absolute atomic E-state index is 10.5. The van der Waals surface area contributed by atoms with Crippen LogP contribution in [0.2, 0.25) is 0 Å². The number of aliphatic hydroxyl groups is 1. The molecule has 1 saturated heterocycles. The lowest BCUT2D eigenvalue weighted by Crippen LogP contribution is -2.62. The zero-order valence-electron chi connectivity index (χ0n) is 14.9. The Balaban J connectivity index is 1.65. The molecule has 0 saturated carbocycles. The molecule has 0 spiro atoms. The molecule has 2 aliphatic rings. The van der Waals surface area contributed by atoms with Crippen LogP contribution < -0.4 is 4.90 Å². The summed E-state index contributed by atoms with van der Waals surface area (Å²) >= 11 is 1.77. The van der Waals surface area contributed by atoms with Crippen molar-refractivity contribution < 1.29 is 5.11 Å². The predicted molar refractivity (Wildman–Crippen MR) is 105 cm³/mol. The number of fused-ring (bicyclic) bond motifs is 3. The quantitative estimate of drug-likeness (QED) is 0.755. The van der Waals surface area contributed by atoms with Crippen molar-refractivity contribution in [2.24, 2.45) is 0 Å². The fourth-order valence-electron chi connectivity index (χ4n) is 4.06. The maximum atomic E-state index is 10.5. The summed E-state index contributed by atoms with van der Waals surface area (Å²) in [7, 11) is 0. The SMILES string of the molecule is N#CCC1(O)CN(c2nc(-c3cccnc3)nc3sc4c(c23)CCCC4)C1. The molecule has 1 aliphatic carbocycles. The Morgan fingerprint density at radius 3 is 2.89 bits per heavy atom. The topological polar surface area (TPSA) is 85.9 Å². The molecule has 5 rings (SSSR count). The van der Waals surface area contributed by atoms with Gasteiger partial charge in [0.25, 0.3) is 0 Å². The molecular formula is C20H19N5OS. The Morgan fingerprint density at radius 2 is 2.11 bits per heavy atom. The molecule has 7 heteroatoms. The standard InChI is InChI=1S/C20H19N5OS/c21-8-7-20(26)11-25(12-20)18-16-14-5-1-2-6-15(14)27-19(16)24-17(23-18)13-4-3-9-22-10-13/h3-4,9-10,26H,1-2,5-7,11-12H2. The molecule has 0 radical (unpaired) electrons. The Kier molecular flexibility index (Phi) is 3.85. The van der Waals surface area contributed by atoms with Gasteiger partial charge in [-0.15, -0.1) is 11.3 Å². The van der Waals surface area contributed by atoms with E-state index >= 15 is 0 Å². The molecule has 27 heavy (non-hydrogen) atoms. The molecule has 0 aromatic carbocycles. The van der Waals surface area contributed by atoms with Crippen LogP contribution in [0.5, 0.6) is 0 Å². The van der Waals surface area contributed by atoms with Crippen LogP contribution in [-0.4, -0.2) is 38.7 Å². The van der Waals surface area contributed by atoms with E-state index in [1.807, 2.05) is 12.1 Å². The highest BCUT2D eigenvalue weighted by Gasteiger charge is 2.43. The first-order valence-electron chi connectivity index (χ1n) is 9.24. The van der Waals surface area contributed by atoms with Gasteiger partial charge >= 0.3 is 0 Å². The fraction of sp³-hybridized carbons (Fsp3) is 0.400. The Hall–Kier alpha value is -2.56. The van der Waals surface area contributed by atoms with E-state index in [0.29, 0.717) is 18.9 Å². The second kappa shape index (κ2) is 6.25. The van der Waals surface area contributed by atoms with Gasteiger partial charge in [-0.1, -0.05) is 0 Å². The van der Waals surface area contributed by atoms with Crippen LogP contribution in [0.25, 0.3) is 21.6 Å². The summed E-state index contributed by atoms with van der Waals surface area (Å²) in [6, 6.07) is 5.94. The molecule has 3 aromatic rings. The van der Waals surface area contributed by atoms with Gasteiger partial charge in [-0.3, -0.25) is 4.98 Å². The van der Waals surface area contributed by atoms with Crippen LogP contribution in [0.3, 0.4) is 0 Å². The zero-order valence-corrected chi connectivity index (χ0v) is 15.7. The first-order chi connectivity index (χ1) is 13.2. The summed E-state index contributed by atoms with van der Waals surface area (Å²) in [5.41, 5.74) is 1.33. The van der Waals surface area contributed by atoms with Gasteiger partial charge in [0, 0.05) is 22.8 Å². The normalized spacial score (nSPS) is 18.0. The van der Waals surface area contributed by atoms with Crippen LogP contribution in [0.15, 0.2) is 24.5 Å². The number of anilines is 1. The smallest absolute Gasteiger partial charge is 0.164 e. The number of nitriles is 1. The molecule has 1 fully saturated rings. The average molecular weight is 377 g/mol. The lowest BCUT2D eigenvalue weighted by Gasteiger charge is -2.46. The number of thiophene rings is 1. The van der Waals surface area contributed by atoms with Crippen molar-refractivity contribution in [1.29, 1.82) is 5.26 Å². The third-order valence-electron chi connectivity index (χ3n) is 5.39. The first kappa shape index (κ1) is 16.6. The summed E-state index contributed by atoms with van der Waals surface area (Å²) in [5.74, 6) is 1.56. The van der Waals surface area contributed by atoms with Gasteiger partial charge in [-0.2, -0.15) is 5.26 Å². The van der Waals surface area contributed by atoms with Gasteiger partial charge in [0.2, 0.25) is 0 Å². The van der Waals surface area contributed by atoms with E-state index in [2.05, 4.69) is 16.0 Å². The van der Waals surface area contributed by atoms with E-state index in [1.54, 1.807) is 23.7 Å². The predicted octanol–water partition coefficient (Wildman–Crippen LogP) is 3.10. The minimum atomic E-state index is -0.934. The van der Waals surface area contributed by atoms with E-state index in [-0.39, 0.29) is 6.42 Å². The second-order valence-corrected chi connectivity index (χ2v) is 8.50. The Labute approximate surface area is 161 Å². The first-order valence-corrected chi connectivity index (χ1v) is 10.1. The van der Waals surface area contributed by atoms with E-state index in [0.717, 1.165) is 34.4 Å². The van der Waals surface area contributed by atoms with E-state index in [1.165, 1.54) is 23.3 Å². The lowest BCUT2D eigenvalue weighted by atomic mass is 9.90. The molecular weight excluding hydrogens is 358 g/mol. The summed E-state index contributed by atoms with van der Waals surface area (Å²) < 4.78 is 0. The average Bonchev–Trinajstić information content (AvgIpc) is 3.05. The van der Waals surface area contributed by atoms with Crippen molar-refractivity contribution >= 4 is 27.4 Å². The van der Waals surface area contributed by atoms with Crippen LogP contribution in [0.4, 0.5) is 5.82 Å².